The molecule has 1 aromatic heterocycles. The maximum atomic E-state index is 12.6. The zero-order valence-corrected chi connectivity index (χ0v) is 12.6. The molecule has 2 heterocycles. The molecule has 1 aromatic rings. The van der Waals surface area contributed by atoms with E-state index in [1.807, 2.05) is 5.38 Å². The Morgan fingerprint density at radius 3 is 3.05 bits per heavy atom. The maximum Gasteiger partial charge on any atom is 0.185 e. The van der Waals surface area contributed by atoms with Gasteiger partial charge in [-0.25, -0.2) is 4.98 Å². The number of carbonyl (C=O) groups is 1. The zero-order valence-electron chi connectivity index (χ0n) is 11.8. The molecule has 4 nitrogen and oxygen atoms in total. The van der Waals surface area contributed by atoms with Crippen molar-refractivity contribution in [1.82, 2.24) is 4.98 Å². The molecule has 0 aromatic carbocycles. The van der Waals surface area contributed by atoms with Crippen LogP contribution >= 0.6 is 11.3 Å². The molecular weight excluding hydrogens is 272 g/mol. The lowest BCUT2D eigenvalue weighted by Crippen LogP contribution is -2.39. The monoisotopic (exact) mass is 294 g/mol. The number of carbonyl (C=O) groups excluding carboxylic acids is 1. The molecule has 2 fully saturated rings. The highest BCUT2D eigenvalue weighted by atomic mass is 32.1. The standard InChI is InChI=1S/C15H22N2O2S/c16-7-3-13-17-12(10-20-13)14(18)11-4-8-19-15(9-11)5-1-2-6-15/h10-11H,1-9,16H2. The lowest BCUT2D eigenvalue weighted by atomic mass is 9.82. The second-order valence-electron chi connectivity index (χ2n) is 5.96. The number of ether oxygens (including phenoxy) is 1. The van der Waals surface area contributed by atoms with E-state index >= 15 is 0 Å². The molecule has 1 saturated carbocycles. The average molecular weight is 294 g/mol. The molecule has 0 radical (unpaired) electrons. The van der Waals surface area contributed by atoms with E-state index in [4.69, 9.17) is 10.5 Å². The fourth-order valence-electron chi connectivity index (χ4n) is 3.49. The molecule has 110 valence electrons. The molecular formula is C15H22N2O2S. The molecule has 1 aliphatic carbocycles. The second kappa shape index (κ2) is 5.92. The Labute approximate surface area is 123 Å². The summed E-state index contributed by atoms with van der Waals surface area (Å²) in [5, 5.41) is 2.86. The Morgan fingerprint density at radius 1 is 1.50 bits per heavy atom. The fourth-order valence-corrected chi connectivity index (χ4v) is 4.29. The first-order valence-corrected chi connectivity index (χ1v) is 8.43. The third-order valence-corrected chi connectivity index (χ3v) is 5.45. The third kappa shape index (κ3) is 2.80. The Hall–Kier alpha value is -0.780. The predicted octanol–water partition coefficient (Wildman–Crippen LogP) is 2.57. The summed E-state index contributed by atoms with van der Waals surface area (Å²) in [7, 11) is 0. The number of nitrogens with zero attached hydrogens (tertiary/aromatic N) is 1. The predicted molar refractivity (Wildman–Crippen MR) is 79.1 cm³/mol. The van der Waals surface area contributed by atoms with Crippen LogP contribution in [0.15, 0.2) is 5.38 Å². The van der Waals surface area contributed by atoms with Crippen molar-refractivity contribution in [3.8, 4) is 0 Å². The van der Waals surface area contributed by atoms with Gasteiger partial charge in [-0.1, -0.05) is 12.8 Å². The van der Waals surface area contributed by atoms with E-state index in [0.29, 0.717) is 12.2 Å². The summed E-state index contributed by atoms with van der Waals surface area (Å²) in [6.45, 7) is 1.30. The highest BCUT2D eigenvalue weighted by molar-refractivity contribution is 7.09. The average Bonchev–Trinajstić information content (AvgIpc) is 3.09. The Morgan fingerprint density at radius 2 is 2.30 bits per heavy atom. The van der Waals surface area contributed by atoms with E-state index in [0.717, 1.165) is 43.7 Å². The third-order valence-electron chi connectivity index (χ3n) is 4.54. The number of hydrogen-bond acceptors (Lipinski definition) is 5. The minimum Gasteiger partial charge on any atom is -0.375 e. The van der Waals surface area contributed by atoms with Crippen molar-refractivity contribution in [3.05, 3.63) is 16.1 Å². The smallest absolute Gasteiger partial charge is 0.185 e. The van der Waals surface area contributed by atoms with Crippen LogP contribution in [0.3, 0.4) is 0 Å². The normalized spacial score (nSPS) is 25.1. The first kappa shape index (κ1) is 14.2. The largest absolute Gasteiger partial charge is 0.375 e. The minimum absolute atomic E-state index is 0.00527. The topological polar surface area (TPSA) is 65.2 Å². The number of ketones is 1. The van der Waals surface area contributed by atoms with Crippen LogP contribution in [0.1, 0.15) is 54.0 Å². The summed E-state index contributed by atoms with van der Waals surface area (Å²) in [5.74, 6) is 0.300. The van der Waals surface area contributed by atoms with Gasteiger partial charge < -0.3 is 10.5 Å². The molecule has 1 unspecified atom stereocenters. The van der Waals surface area contributed by atoms with Crippen LogP contribution < -0.4 is 5.73 Å². The van der Waals surface area contributed by atoms with Crippen LogP contribution in [-0.2, 0) is 11.2 Å². The first-order chi connectivity index (χ1) is 9.72. The van der Waals surface area contributed by atoms with E-state index in [1.165, 1.54) is 12.8 Å². The van der Waals surface area contributed by atoms with Crippen molar-refractivity contribution in [2.24, 2.45) is 11.7 Å². The van der Waals surface area contributed by atoms with Gasteiger partial charge >= 0.3 is 0 Å². The van der Waals surface area contributed by atoms with Crippen molar-refractivity contribution in [3.63, 3.8) is 0 Å². The summed E-state index contributed by atoms with van der Waals surface area (Å²) < 4.78 is 6.00. The quantitative estimate of drug-likeness (QED) is 0.867. The molecule has 1 aliphatic heterocycles. The molecule has 1 atom stereocenters. The number of rotatable bonds is 4. The first-order valence-electron chi connectivity index (χ1n) is 7.55. The van der Waals surface area contributed by atoms with Gasteiger partial charge in [0.15, 0.2) is 5.78 Å². The summed E-state index contributed by atoms with van der Waals surface area (Å²) in [5.41, 5.74) is 6.16. The number of nitrogens with two attached hydrogens (primary N) is 1. The number of Topliss-reactive ketones (excluding diaryl/α,β-unsaturated/α-hetero) is 1. The highest BCUT2D eigenvalue weighted by Gasteiger charge is 2.42. The molecule has 20 heavy (non-hydrogen) atoms. The van der Waals surface area contributed by atoms with Gasteiger partial charge in [0.1, 0.15) is 5.69 Å². The molecule has 3 rings (SSSR count). The van der Waals surface area contributed by atoms with E-state index in [2.05, 4.69) is 4.98 Å². The fraction of sp³-hybridized carbons (Fsp3) is 0.733. The van der Waals surface area contributed by atoms with Gasteiger partial charge in [-0.3, -0.25) is 4.79 Å². The molecule has 0 bridgehead atoms. The van der Waals surface area contributed by atoms with E-state index in [1.54, 1.807) is 11.3 Å². The van der Waals surface area contributed by atoms with Crippen LogP contribution in [0, 0.1) is 5.92 Å². The van der Waals surface area contributed by atoms with E-state index in [-0.39, 0.29) is 17.3 Å². The van der Waals surface area contributed by atoms with Gasteiger partial charge in [0.25, 0.3) is 0 Å². The lowest BCUT2D eigenvalue weighted by molar-refractivity contribution is -0.0866. The number of thiazole rings is 1. The van der Waals surface area contributed by atoms with Crippen molar-refractivity contribution in [2.75, 3.05) is 13.2 Å². The van der Waals surface area contributed by atoms with Crippen LogP contribution in [0.4, 0.5) is 0 Å². The van der Waals surface area contributed by atoms with Gasteiger partial charge in [0.2, 0.25) is 0 Å². The molecule has 0 amide bonds. The Kier molecular flexibility index (Phi) is 4.19. The van der Waals surface area contributed by atoms with Crippen molar-refractivity contribution in [1.29, 1.82) is 0 Å². The molecule has 2 aliphatic rings. The Bertz CT molecular complexity index is 480. The summed E-state index contributed by atoms with van der Waals surface area (Å²) in [6, 6.07) is 0. The van der Waals surface area contributed by atoms with Gasteiger partial charge in [-0.05, 0) is 32.2 Å². The SMILES string of the molecule is NCCc1nc(C(=O)C2CCOC3(CCCC3)C2)cs1. The molecule has 5 heteroatoms. The summed E-state index contributed by atoms with van der Waals surface area (Å²) in [6.07, 6.45) is 7.19. The maximum absolute atomic E-state index is 12.6. The second-order valence-corrected chi connectivity index (χ2v) is 6.90. The van der Waals surface area contributed by atoms with Crippen LogP contribution in [0.5, 0.6) is 0 Å². The van der Waals surface area contributed by atoms with Crippen molar-refractivity contribution in [2.45, 2.75) is 50.5 Å². The highest BCUT2D eigenvalue weighted by Crippen LogP contribution is 2.42. The molecule has 1 saturated heterocycles. The van der Waals surface area contributed by atoms with Gasteiger partial charge in [0, 0.05) is 24.3 Å². The number of aromatic nitrogens is 1. The van der Waals surface area contributed by atoms with Crippen LogP contribution in [0.2, 0.25) is 0 Å². The zero-order chi connectivity index (χ0) is 14.0. The van der Waals surface area contributed by atoms with Gasteiger partial charge in [0.05, 0.1) is 10.6 Å². The van der Waals surface area contributed by atoms with Crippen LogP contribution in [0.25, 0.3) is 0 Å². The summed E-state index contributed by atoms with van der Waals surface area (Å²) >= 11 is 1.55. The van der Waals surface area contributed by atoms with Crippen molar-refractivity contribution >= 4 is 17.1 Å². The lowest BCUT2D eigenvalue weighted by Gasteiger charge is -2.37. The van der Waals surface area contributed by atoms with E-state index in [9.17, 15) is 4.79 Å². The Balaban J connectivity index is 1.69. The van der Waals surface area contributed by atoms with Gasteiger partial charge in [-0.2, -0.15) is 0 Å². The van der Waals surface area contributed by atoms with Crippen LogP contribution in [-0.4, -0.2) is 29.5 Å². The number of hydrogen-bond donors (Lipinski definition) is 1. The minimum atomic E-state index is -0.00527. The van der Waals surface area contributed by atoms with Crippen molar-refractivity contribution < 1.29 is 9.53 Å². The molecule has 1 spiro atoms. The van der Waals surface area contributed by atoms with E-state index < -0.39 is 0 Å². The summed E-state index contributed by atoms with van der Waals surface area (Å²) in [4.78, 5) is 17.1. The molecule has 2 N–H and O–H groups in total. The van der Waals surface area contributed by atoms with Gasteiger partial charge in [-0.15, -0.1) is 11.3 Å².